The molecule has 0 atom stereocenters. The summed E-state index contributed by atoms with van der Waals surface area (Å²) in [7, 11) is 0. The van der Waals surface area contributed by atoms with Crippen molar-refractivity contribution in [1.29, 1.82) is 0 Å². The van der Waals surface area contributed by atoms with Gasteiger partial charge in [-0.1, -0.05) is 80.9 Å². The van der Waals surface area contributed by atoms with Gasteiger partial charge < -0.3 is 19.7 Å². The number of Topliss-reactive ketones (excluding diaryl/α,β-unsaturated/α-hetero) is 1. The second-order valence-electron chi connectivity index (χ2n) is 14.0. The predicted molar refractivity (Wildman–Crippen MR) is 184 cm³/mol. The molecule has 0 amide bonds. The third-order valence-electron chi connectivity index (χ3n) is 5.96. The highest BCUT2D eigenvalue weighted by atomic mass is 16.7. The number of aliphatic hydroxyl groups is 1. The van der Waals surface area contributed by atoms with E-state index in [9.17, 15) is 24.0 Å². The summed E-state index contributed by atoms with van der Waals surface area (Å²) in [6.07, 6.45) is 3.41. The molecule has 0 saturated heterocycles. The quantitative estimate of drug-likeness (QED) is 0.144. The summed E-state index contributed by atoms with van der Waals surface area (Å²) in [5.74, 6) is -0.00324. The van der Waals surface area contributed by atoms with Gasteiger partial charge in [0.2, 0.25) is 6.79 Å². The molecule has 2 N–H and O–H groups in total. The first kappa shape index (κ1) is 51.8. The molecule has 266 valence electrons. The Morgan fingerprint density at radius 2 is 1.07 bits per heavy atom. The molecule has 0 bridgehead atoms. The van der Waals surface area contributed by atoms with E-state index in [4.69, 9.17) is 14.9 Å². The minimum absolute atomic E-state index is 0.140. The number of allylic oxidation sites excluding steroid dienone is 3. The van der Waals surface area contributed by atoms with Crippen LogP contribution in [0.3, 0.4) is 0 Å². The maximum atomic E-state index is 11.2. The molecule has 0 spiro atoms. The van der Waals surface area contributed by atoms with Crippen molar-refractivity contribution in [1.82, 2.24) is 0 Å². The van der Waals surface area contributed by atoms with Crippen molar-refractivity contribution < 1.29 is 43.7 Å². The fraction of sp³-hybridized carbons (Fsp3) is 0.750. The number of carbonyl (C=O) groups is 5. The Hall–Kier alpha value is -2.81. The van der Waals surface area contributed by atoms with Crippen molar-refractivity contribution in [3.8, 4) is 0 Å². The zero-order chi connectivity index (χ0) is 37.5. The Morgan fingerprint density at radius 3 is 1.22 bits per heavy atom. The second-order valence-corrected chi connectivity index (χ2v) is 14.0. The molecular weight excluding hydrogens is 576 g/mol. The Morgan fingerprint density at radius 1 is 0.689 bits per heavy atom. The molecule has 45 heavy (non-hydrogen) atoms. The second kappa shape index (κ2) is 26.4. The van der Waals surface area contributed by atoms with E-state index in [1.54, 1.807) is 67.5 Å². The number of hydrogen-bond donors (Lipinski definition) is 2. The van der Waals surface area contributed by atoms with Gasteiger partial charge >= 0.3 is 17.9 Å². The molecule has 0 unspecified atom stereocenters. The van der Waals surface area contributed by atoms with Gasteiger partial charge in [0.15, 0.2) is 5.78 Å². The van der Waals surface area contributed by atoms with Crippen LogP contribution in [0.15, 0.2) is 23.3 Å². The molecule has 0 heterocycles. The maximum Gasteiger partial charge on any atom is 0.330 e. The summed E-state index contributed by atoms with van der Waals surface area (Å²) in [5, 5.41) is 17.5. The molecule has 0 rings (SSSR count). The Bertz CT molecular complexity index is 921. The van der Waals surface area contributed by atoms with Gasteiger partial charge in [0, 0.05) is 11.5 Å². The third-order valence-corrected chi connectivity index (χ3v) is 5.96. The van der Waals surface area contributed by atoms with E-state index in [0.717, 1.165) is 5.57 Å². The van der Waals surface area contributed by atoms with Gasteiger partial charge in [-0.05, 0) is 86.1 Å². The summed E-state index contributed by atoms with van der Waals surface area (Å²) >= 11 is 0. The first-order valence-corrected chi connectivity index (χ1v) is 15.6. The number of carboxylic acids is 1. The van der Waals surface area contributed by atoms with Gasteiger partial charge in [0.05, 0.1) is 16.9 Å². The molecule has 0 aromatic rings. The van der Waals surface area contributed by atoms with E-state index in [0.29, 0.717) is 23.3 Å². The highest BCUT2D eigenvalue weighted by Crippen LogP contribution is 2.15. The summed E-state index contributed by atoms with van der Waals surface area (Å²) in [5.41, 5.74) is 0.511. The molecule has 0 aliphatic carbocycles. The average Bonchev–Trinajstić information content (AvgIpc) is 2.83. The summed E-state index contributed by atoms with van der Waals surface area (Å²) < 4.78 is 9.43. The molecule has 9 heteroatoms. The number of carbonyl (C=O) groups excluding carboxylic acids is 4. The lowest BCUT2D eigenvalue weighted by atomic mass is 9.95. The van der Waals surface area contributed by atoms with Crippen LogP contribution in [-0.2, 0) is 33.4 Å². The number of ketones is 2. The van der Waals surface area contributed by atoms with E-state index in [1.807, 2.05) is 62.3 Å². The average molecular weight is 645 g/mol. The van der Waals surface area contributed by atoms with E-state index in [-0.39, 0.29) is 42.1 Å². The summed E-state index contributed by atoms with van der Waals surface area (Å²) in [6, 6.07) is 0. The first-order chi connectivity index (χ1) is 19.9. The number of carboxylic acid groups (broad SMARTS) is 1. The SMILES string of the molecule is C/C(=C\C(C)C)C(=O)O.CC(=O)/C=C(\C)C(C)C.CC(=O)C(C)C.CC(C)C(=O)OCOC(=O)C(C)(C)C.CC(C)C(C)(C)O. The van der Waals surface area contributed by atoms with E-state index >= 15 is 0 Å². The van der Waals surface area contributed by atoms with E-state index in [1.165, 1.54) is 0 Å². The molecule has 0 aliphatic rings. The minimum Gasteiger partial charge on any atom is -0.478 e. The van der Waals surface area contributed by atoms with Gasteiger partial charge in [-0.15, -0.1) is 0 Å². The smallest absolute Gasteiger partial charge is 0.330 e. The van der Waals surface area contributed by atoms with E-state index < -0.39 is 17.0 Å². The standard InChI is InChI=1S/C10H18O4.C8H14O.C7H12O2.C6H14O.C5H10O/c1-7(2)8(11)13-6-14-9(12)10(3,4)5;1-6(2)7(3)5-8(4)9;1-5(2)4-6(3)7(8)9;1-5(2)6(3,4)7;1-4(2)5(3)6/h7H,6H2,1-5H3;5-6H,1-4H3;4-5H,1-3H3,(H,8,9);5,7H,1-4H3;4H,1-3H3/b;7-5+;6-4+;;. The normalized spacial score (nSPS) is 11.7. The number of ether oxygens (including phenoxy) is 2. The molecule has 0 aromatic carbocycles. The number of aliphatic carboxylic acids is 1. The molecule has 0 saturated carbocycles. The van der Waals surface area contributed by atoms with E-state index in [2.05, 4.69) is 18.6 Å². The van der Waals surface area contributed by atoms with Crippen LogP contribution < -0.4 is 0 Å². The first-order valence-electron chi connectivity index (χ1n) is 15.6. The van der Waals surface area contributed by atoms with Gasteiger partial charge in [0.25, 0.3) is 0 Å². The minimum atomic E-state index is -0.830. The predicted octanol–water partition coefficient (Wildman–Crippen LogP) is 8.23. The largest absolute Gasteiger partial charge is 0.478 e. The lowest BCUT2D eigenvalue weighted by Crippen LogP contribution is -2.25. The van der Waals surface area contributed by atoms with Crippen LogP contribution >= 0.6 is 0 Å². The molecule has 0 radical (unpaired) electrons. The molecule has 0 aliphatic heterocycles. The Balaban J connectivity index is -0.000000153. The van der Waals surface area contributed by atoms with Gasteiger partial charge in [-0.2, -0.15) is 0 Å². The number of rotatable bonds is 9. The van der Waals surface area contributed by atoms with Gasteiger partial charge in [-0.25, -0.2) is 4.79 Å². The zero-order valence-electron chi connectivity index (χ0n) is 32.0. The monoisotopic (exact) mass is 644 g/mol. The van der Waals surface area contributed by atoms with Crippen LogP contribution in [0.5, 0.6) is 0 Å². The fourth-order valence-corrected chi connectivity index (χ4v) is 1.58. The zero-order valence-corrected chi connectivity index (χ0v) is 32.0. The van der Waals surface area contributed by atoms with Crippen LogP contribution in [0, 0.1) is 35.0 Å². The molecular formula is C36H68O9. The molecule has 9 nitrogen and oxygen atoms in total. The Kier molecular flexibility index (Phi) is 30.4. The highest BCUT2D eigenvalue weighted by molar-refractivity contribution is 5.88. The van der Waals surface area contributed by atoms with Gasteiger partial charge in [-0.3, -0.25) is 19.2 Å². The van der Waals surface area contributed by atoms with Crippen molar-refractivity contribution in [2.45, 2.75) is 137 Å². The van der Waals surface area contributed by atoms with Crippen molar-refractivity contribution in [3.63, 3.8) is 0 Å². The molecule has 0 aromatic heterocycles. The summed E-state index contributed by atoms with van der Waals surface area (Å²) in [4.78, 5) is 53.0. The van der Waals surface area contributed by atoms with Crippen molar-refractivity contribution in [3.05, 3.63) is 23.3 Å². The lowest BCUT2D eigenvalue weighted by molar-refractivity contribution is -0.174. The van der Waals surface area contributed by atoms with Crippen LogP contribution in [0.1, 0.15) is 132 Å². The van der Waals surface area contributed by atoms with Crippen molar-refractivity contribution >= 4 is 29.5 Å². The van der Waals surface area contributed by atoms with Gasteiger partial charge in [0.1, 0.15) is 5.78 Å². The van der Waals surface area contributed by atoms with Crippen LogP contribution in [-0.4, -0.2) is 52.1 Å². The number of esters is 2. The van der Waals surface area contributed by atoms with Crippen molar-refractivity contribution in [2.75, 3.05) is 6.79 Å². The lowest BCUT2D eigenvalue weighted by Gasteiger charge is -2.21. The van der Waals surface area contributed by atoms with Crippen LogP contribution in [0.4, 0.5) is 0 Å². The summed E-state index contributed by atoms with van der Waals surface area (Å²) in [6.45, 7) is 34.6. The fourth-order valence-electron chi connectivity index (χ4n) is 1.58. The van der Waals surface area contributed by atoms with Crippen molar-refractivity contribution in [2.24, 2.45) is 35.0 Å². The number of hydrogen-bond acceptors (Lipinski definition) is 8. The Labute approximate surface area is 275 Å². The topological polar surface area (TPSA) is 144 Å². The maximum absolute atomic E-state index is 11.2. The highest BCUT2D eigenvalue weighted by Gasteiger charge is 2.23. The van der Waals surface area contributed by atoms with Crippen LogP contribution in [0.2, 0.25) is 0 Å². The molecule has 0 fully saturated rings. The third kappa shape index (κ3) is 41.2. The van der Waals surface area contributed by atoms with Crippen LogP contribution in [0.25, 0.3) is 0 Å².